The molecule has 0 bridgehead atoms. The predicted molar refractivity (Wildman–Crippen MR) is 119 cm³/mol. The van der Waals surface area contributed by atoms with E-state index in [0.29, 0.717) is 37.7 Å². The standard InChI is InChI=1S/C21H27N3O5S2/c1-28-19-7-6-16(31(26,27)24-9-11-29-12-10-24)14-17(19)22-21(25)15-23-8-2-4-18(23)20-5-3-13-30-20/h3,5-7,13-14,18H,2,4,8-12,15H2,1H3,(H,22,25)/t18-/m1/s1. The number of methoxy groups -OCH3 is 1. The molecule has 0 aliphatic carbocycles. The van der Waals surface area contributed by atoms with Gasteiger partial charge >= 0.3 is 0 Å². The van der Waals surface area contributed by atoms with Gasteiger partial charge in [0.15, 0.2) is 0 Å². The van der Waals surface area contributed by atoms with Crippen LogP contribution in [0.4, 0.5) is 5.69 Å². The monoisotopic (exact) mass is 465 g/mol. The van der Waals surface area contributed by atoms with Crippen molar-refractivity contribution in [3.8, 4) is 5.75 Å². The fraction of sp³-hybridized carbons (Fsp3) is 0.476. The number of carbonyl (C=O) groups excluding carboxylic acids is 1. The van der Waals surface area contributed by atoms with Gasteiger partial charge in [0.1, 0.15) is 5.75 Å². The molecule has 0 radical (unpaired) electrons. The van der Waals surface area contributed by atoms with E-state index in [2.05, 4.69) is 21.7 Å². The Bertz CT molecular complexity index is 1000. The maximum Gasteiger partial charge on any atom is 0.243 e. The van der Waals surface area contributed by atoms with Gasteiger partial charge in [0.2, 0.25) is 15.9 Å². The van der Waals surface area contributed by atoms with Crippen LogP contribution >= 0.6 is 11.3 Å². The zero-order valence-electron chi connectivity index (χ0n) is 17.5. The Morgan fingerprint density at radius 3 is 2.77 bits per heavy atom. The van der Waals surface area contributed by atoms with Crippen LogP contribution in [-0.4, -0.2) is 70.0 Å². The molecule has 10 heteroatoms. The summed E-state index contributed by atoms with van der Waals surface area (Å²) < 4.78 is 38.0. The summed E-state index contributed by atoms with van der Waals surface area (Å²) in [5, 5.41) is 4.91. The highest BCUT2D eigenvalue weighted by atomic mass is 32.2. The number of anilines is 1. The highest BCUT2D eigenvalue weighted by Crippen LogP contribution is 2.34. The number of thiophene rings is 1. The summed E-state index contributed by atoms with van der Waals surface area (Å²) in [6.07, 6.45) is 2.08. The lowest BCUT2D eigenvalue weighted by Crippen LogP contribution is -2.40. The number of carbonyl (C=O) groups is 1. The van der Waals surface area contributed by atoms with E-state index < -0.39 is 10.0 Å². The maximum atomic E-state index is 13.0. The Morgan fingerprint density at radius 1 is 1.26 bits per heavy atom. The second-order valence-electron chi connectivity index (χ2n) is 7.57. The SMILES string of the molecule is COc1ccc(S(=O)(=O)N2CCOCC2)cc1NC(=O)CN1CCC[C@@H]1c1cccs1. The summed E-state index contributed by atoms with van der Waals surface area (Å²) in [6, 6.07) is 8.94. The molecular weight excluding hydrogens is 438 g/mol. The van der Waals surface area contributed by atoms with E-state index in [1.807, 2.05) is 6.07 Å². The smallest absolute Gasteiger partial charge is 0.243 e. The van der Waals surface area contributed by atoms with Gasteiger partial charge in [-0.3, -0.25) is 9.69 Å². The van der Waals surface area contributed by atoms with Gasteiger partial charge < -0.3 is 14.8 Å². The molecule has 1 amide bonds. The number of benzene rings is 1. The lowest BCUT2D eigenvalue weighted by molar-refractivity contribution is -0.117. The van der Waals surface area contributed by atoms with Crippen molar-refractivity contribution in [2.24, 2.45) is 0 Å². The third-order valence-electron chi connectivity index (χ3n) is 5.63. The van der Waals surface area contributed by atoms with Gasteiger partial charge in [0, 0.05) is 24.0 Å². The maximum absolute atomic E-state index is 13.0. The van der Waals surface area contributed by atoms with Crippen LogP contribution < -0.4 is 10.1 Å². The first-order valence-corrected chi connectivity index (χ1v) is 12.6. The average molecular weight is 466 g/mol. The van der Waals surface area contributed by atoms with Gasteiger partial charge in [0.05, 0.1) is 37.5 Å². The number of nitrogens with one attached hydrogen (secondary N) is 1. The second-order valence-corrected chi connectivity index (χ2v) is 10.5. The van der Waals surface area contributed by atoms with Crippen LogP contribution in [0.15, 0.2) is 40.6 Å². The van der Waals surface area contributed by atoms with Crippen LogP contribution in [0, 0.1) is 0 Å². The van der Waals surface area contributed by atoms with Gasteiger partial charge in [-0.25, -0.2) is 8.42 Å². The van der Waals surface area contributed by atoms with Gasteiger partial charge in [0.25, 0.3) is 0 Å². The first-order chi connectivity index (χ1) is 15.0. The zero-order chi connectivity index (χ0) is 21.8. The topological polar surface area (TPSA) is 88.2 Å². The fourth-order valence-electron chi connectivity index (χ4n) is 4.07. The van der Waals surface area contributed by atoms with E-state index in [4.69, 9.17) is 9.47 Å². The van der Waals surface area contributed by atoms with E-state index in [9.17, 15) is 13.2 Å². The summed E-state index contributed by atoms with van der Waals surface area (Å²) in [6.45, 7) is 2.48. The molecule has 4 rings (SSSR count). The molecule has 31 heavy (non-hydrogen) atoms. The van der Waals surface area contributed by atoms with Crippen molar-refractivity contribution in [1.82, 2.24) is 9.21 Å². The summed E-state index contributed by atoms with van der Waals surface area (Å²) in [4.78, 5) is 16.4. The van der Waals surface area contributed by atoms with E-state index in [-0.39, 0.29) is 23.4 Å². The number of amides is 1. The van der Waals surface area contributed by atoms with Crippen LogP contribution in [0.5, 0.6) is 5.75 Å². The minimum atomic E-state index is -3.67. The molecule has 0 unspecified atom stereocenters. The summed E-state index contributed by atoms with van der Waals surface area (Å²) in [7, 11) is -2.17. The van der Waals surface area contributed by atoms with E-state index in [0.717, 1.165) is 19.4 Å². The van der Waals surface area contributed by atoms with Crippen LogP contribution in [0.1, 0.15) is 23.8 Å². The average Bonchev–Trinajstić information content (AvgIpc) is 3.46. The first kappa shape index (κ1) is 22.2. The van der Waals surface area contributed by atoms with Crippen LogP contribution in [0.25, 0.3) is 0 Å². The summed E-state index contributed by atoms with van der Waals surface area (Å²) >= 11 is 1.71. The highest BCUT2D eigenvalue weighted by molar-refractivity contribution is 7.89. The molecule has 0 spiro atoms. The molecule has 1 N–H and O–H groups in total. The highest BCUT2D eigenvalue weighted by Gasteiger charge is 2.29. The second kappa shape index (κ2) is 9.66. The molecule has 1 atom stereocenters. The van der Waals surface area contributed by atoms with Crippen LogP contribution in [0.3, 0.4) is 0 Å². The van der Waals surface area contributed by atoms with Crippen molar-refractivity contribution in [3.63, 3.8) is 0 Å². The summed E-state index contributed by atoms with van der Waals surface area (Å²) in [5.74, 6) is 0.230. The molecule has 2 saturated heterocycles. The molecule has 3 heterocycles. The van der Waals surface area contributed by atoms with Crippen molar-refractivity contribution in [1.29, 1.82) is 0 Å². The van der Waals surface area contributed by atoms with Crippen LogP contribution in [-0.2, 0) is 19.6 Å². The quantitative estimate of drug-likeness (QED) is 0.676. The van der Waals surface area contributed by atoms with Crippen LogP contribution in [0.2, 0.25) is 0 Å². The number of morpholine rings is 1. The molecule has 168 valence electrons. The molecule has 8 nitrogen and oxygen atoms in total. The minimum Gasteiger partial charge on any atom is -0.495 e. The lowest BCUT2D eigenvalue weighted by Gasteiger charge is -2.26. The molecular formula is C21H27N3O5S2. The fourth-order valence-corrected chi connectivity index (χ4v) is 6.40. The Hall–Kier alpha value is -1.98. The largest absolute Gasteiger partial charge is 0.495 e. The van der Waals surface area contributed by atoms with Crippen molar-refractivity contribution in [3.05, 3.63) is 40.6 Å². The molecule has 1 aromatic heterocycles. The van der Waals surface area contributed by atoms with Crippen molar-refractivity contribution >= 4 is 33.0 Å². The van der Waals surface area contributed by atoms with E-state index in [1.165, 1.54) is 28.4 Å². The molecule has 2 aliphatic heterocycles. The number of hydrogen-bond acceptors (Lipinski definition) is 7. The Kier molecular flexibility index (Phi) is 6.92. The van der Waals surface area contributed by atoms with Crippen molar-refractivity contribution in [2.45, 2.75) is 23.8 Å². The number of sulfonamides is 1. The normalized spacial score (nSPS) is 20.6. The number of nitrogens with zero attached hydrogens (tertiary/aromatic N) is 2. The van der Waals surface area contributed by atoms with Gasteiger partial charge in [-0.2, -0.15) is 4.31 Å². The molecule has 1 aromatic carbocycles. The van der Waals surface area contributed by atoms with Crippen molar-refractivity contribution in [2.75, 3.05) is 51.8 Å². The number of likely N-dealkylation sites (tertiary alicyclic amines) is 1. The zero-order valence-corrected chi connectivity index (χ0v) is 19.1. The van der Waals surface area contributed by atoms with Crippen molar-refractivity contribution < 1.29 is 22.7 Å². The van der Waals surface area contributed by atoms with Gasteiger partial charge in [-0.05, 0) is 49.0 Å². The number of hydrogen-bond donors (Lipinski definition) is 1. The summed E-state index contributed by atoms with van der Waals surface area (Å²) in [5.41, 5.74) is 0.355. The first-order valence-electron chi connectivity index (χ1n) is 10.3. The third-order valence-corrected chi connectivity index (χ3v) is 8.50. The minimum absolute atomic E-state index is 0.128. The molecule has 2 fully saturated rings. The predicted octanol–water partition coefficient (Wildman–Crippen LogP) is 2.55. The Balaban J connectivity index is 1.49. The molecule has 0 saturated carbocycles. The Labute approximate surface area is 186 Å². The van der Waals surface area contributed by atoms with Gasteiger partial charge in [-0.15, -0.1) is 11.3 Å². The lowest BCUT2D eigenvalue weighted by atomic mass is 10.2. The molecule has 2 aliphatic rings. The Morgan fingerprint density at radius 2 is 2.06 bits per heavy atom. The third kappa shape index (κ3) is 4.93. The molecule has 2 aromatic rings. The number of ether oxygens (including phenoxy) is 2. The van der Waals surface area contributed by atoms with Gasteiger partial charge in [-0.1, -0.05) is 6.07 Å². The number of rotatable bonds is 7. The van der Waals surface area contributed by atoms with E-state index in [1.54, 1.807) is 17.4 Å². The van der Waals surface area contributed by atoms with E-state index >= 15 is 0 Å².